The molecule has 0 aliphatic carbocycles. The van der Waals surface area contributed by atoms with Crippen LogP contribution in [0, 0.1) is 5.92 Å². The van der Waals surface area contributed by atoms with Gasteiger partial charge in [0.2, 0.25) is 0 Å². The van der Waals surface area contributed by atoms with Crippen molar-refractivity contribution >= 4 is 11.5 Å². The molecular weight excluding hydrogens is 186 g/mol. The van der Waals surface area contributed by atoms with Crippen LogP contribution in [0.4, 0.5) is 11.5 Å². The predicted molar refractivity (Wildman–Crippen MR) is 64.4 cm³/mol. The molecule has 1 aromatic rings. The molecule has 82 valence electrons. The summed E-state index contributed by atoms with van der Waals surface area (Å²) in [5, 5.41) is 3.08. The van der Waals surface area contributed by atoms with Gasteiger partial charge in [-0.2, -0.15) is 0 Å². The molecule has 0 radical (unpaired) electrons. The van der Waals surface area contributed by atoms with E-state index in [1.165, 1.54) is 31.6 Å². The Balaban J connectivity index is 2.08. The first-order valence-corrected chi connectivity index (χ1v) is 5.68. The molecule has 1 aliphatic heterocycles. The van der Waals surface area contributed by atoms with Gasteiger partial charge in [-0.15, -0.1) is 0 Å². The Morgan fingerprint density at radius 3 is 2.80 bits per heavy atom. The summed E-state index contributed by atoms with van der Waals surface area (Å²) >= 11 is 0. The fraction of sp³-hybridized carbons (Fsp3) is 0.583. The highest BCUT2D eigenvalue weighted by atomic mass is 15.1. The largest absolute Gasteiger partial charge is 0.373 e. The maximum Gasteiger partial charge on any atom is 0.127 e. The smallest absolute Gasteiger partial charge is 0.127 e. The van der Waals surface area contributed by atoms with Crippen molar-refractivity contribution in [2.75, 3.05) is 30.4 Å². The van der Waals surface area contributed by atoms with Gasteiger partial charge in [-0.25, -0.2) is 4.98 Å². The van der Waals surface area contributed by atoms with Gasteiger partial charge in [0, 0.05) is 38.1 Å². The van der Waals surface area contributed by atoms with Crippen LogP contribution in [-0.2, 0) is 0 Å². The van der Waals surface area contributed by atoms with Gasteiger partial charge in [-0.1, -0.05) is 6.92 Å². The molecule has 0 aromatic carbocycles. The van der Waals surface area contributed by atoms with Crippen molar-refractivity contribution in [3.63, 3.8) is 0 Å². The Bertz CT molecular complexity index is 316. The Kier molecular flexibility index (Phi) is 3.09. The van der Waals surface area contributed by atoms with Crippen molar-refractivity contribution in [2.24, 2.45) is 5.92 Å². The summed E-state index contributed by atoms with van der Waals surface area (Å²) in [6, 6.07) is 4.22. The van der Waals surface area contributed by atoms with Crippen LogP contribution in [0.15, 0.2) is 18.3 Å². The van der Waals surface area contributed by atoms with Crippen molar-refractivity contribution in [1.29, 1.82) is 0 Å². The average Bonchev–Trinajstić information content (AvgIpc) is 2.30. The number of nitrogens with zero attached hydrogens (tertiary/aromatic N) is 2. The third kappa shape index (κ3) is 2.41. The molecule has 1 aliphatic rings. The summed E-state index contributed by atoms with van der Waals surface area (Å²) in [6.07, 6.45) is 4.48. The second kappa shape index (κ2) is 4.51. The lowest BCUT2D eigenvalue weighted by atomic mass is 9.99. The minimum absolute atomic E-state index is 0.881. The fourth-order valence-corrected chi connectivity index (χ4v) is 2.02. The molecule has 15 heavy (non-hydrogen) atoms. The van der Waals surface area contributed by atoms with Crippen LogP contribution >= 0.6 is 0 Å². The Labute approximate surface area is 91.5 Å². The molecule has 3 heteroatoms. The van der Waals surface area contributed by atoms with Crippen LogP contribution in [0.5, 0.6) is 0 Å². The fourth-order valence-electron chi connectivity index (χ4n) is 2.02. The summed E-state index contributed by atoms with van der Waals surface area (Å²) in [4.78, 5) is 6.68. The number of aromatic nitrogens is 1. The highest BCUT2D eigenvalue weighted by molar-refractivity contribution is 5.53. The number of pyridine rings is 1. The highest BCUT2D eigenvalue weighted by Crippen LogP contribution is 2.23. The van der Waals surface area contributed by atoms with Crippen molar-refractivity contribution in [3.05, 3.63) is 18.3 Å². The summed E-state index contributed by atoms with van der Waals surface area (Å²) in [7, 11) is 1.91. The van der Waals surface area contributed by atoms with E-state index >= 15 is 0 Å². The summed E-state index contributed by atoms with van der Waals surface area (Å²) < 4.78 is 0. The third-order valence-electron chi connectivity index (χ3n) is 3.15. The van der Waals surface area contributed by atoms with E-state index in [0.717, 1.165) is 11.7 Å². The first kappa shape index (κ1) is 10.3. The van der Waals surface area contributed by atoms with Gasteiger partial charge in [-0.3, -0.25) is 0 Å². The first-order chi connectivity index (χ1) is 7.29. The molecule has 3 nitrogen and oxygen atoms in total. The quantitative estimate of drug-likeness (QED) is 0.803. The predicted octanol–water partition coefficient (Wildman–Crippen LogP) is 2.36. The molecule has 0 spiro atoms. The topological polar surface area (TPSA) is 28.2 Å². The van der Waals surface area contributed by atoms with E-state index in [9.17, 15) is 0 Å². The molecule has 0 amide bonds. The number of nitrogens with one attached hydrogen (secondary N) is 1. The van der Waals surface area contributed by atoms with E-state index in [4.69, 9.17) is 0 Å². The van der Waals surface area contributed by atoms with Gasteiger partial charge in [0.15, 0.2) is 0 Å². The van der Waals surface area contributed by atoms with Gasteiger partial charge < -0.3 is 10.2 Å². The van der Waals surface area contributed by atoms with Crippen LogP contribution in [0.2, 0.25) is 0 Å². The van der Waals surface area contributed by atoms with E-state index in [0.29, 0.717) is 0 Å². The van der Waals surface area contributed by atoms with Crippen molar-refractivity contribution < 1.29 is 0 Å². The number of anilines is 2. The van der Waals surface area contributed by atoms with Crippen molar-refractivity contribution in [1.82, 2.24) is 4.98 Å². The normalized spacial score (nSPS) is 17.9. The van der Waals surface area contributed by atoms with Gasteiger partial charge in [0.05, 0.1) is 0 Å². The molecule has 0 saturated carbocycles. The molecule has 2 rings (SSSR count). The molecule has 1 N–H and O–H groups in total. The molecule has 1 fully saturated rings. The van der Waals surface area contributed by atoms with E-state index < -0.39 is 0 Å². The Morgan fingerprint density at radius 1 is 1.40 bits per heavy atom. The number of hydrogen-bond acceptors (Lipinski definition) is 3. The second-order valence-electron chi connectivity index (χ2n) is 4.32. The number of hydrogen-bond donors (Lipinski definition) is 1. The summed E-state index contributed by atoms with van der Waals surface area (Å²) in [5.41, 5.74) is 1.29. The molecule has 1 aromatic heterocycles. The Hall–Kier alpha value is -1.25. The van der Waals surface area contributed by atoms with E-state index in [-0.39, 0.29) is 0 Å². The van der Waals surface area contributed by atoms with Gasteiger partial charge >= 0.3 is 0 Å². The number of rotatable bonds is 2. The zero-order valence-corrected chi connectivity index (χ0v) is 9.53. The third-order valence-corrected chi connectivity index (χ3v) is 3.15. The molecular formula is C12H19N3. The van der Waals surface area contributed by atoms with Crippen LogP contribution in [0.1, 0.15) is 19.8 Å². The van der Waals surface area contributed by atoms with Crippen LogP contribution in [-0.4, -0.2) is 25.1 Å². The van der Waals surface area contributed by atoms with Crippen molar-refractivity contribution in [2.45, 2.75) is 19.8 Å². The highest BCUT2D eigenvalue weighted by Gasteiger charge is 2.15. The van der Waals surface area contributed by atoms with E-state index in [1.807, 2.05) is 13.2 Å². The number of piperidine rings is 1. The minimum Gasteiger partial charge on any atom is -0.373 e. The summed E-state index contributed by atoms with van der Waals surface area (Å²) in [5.74, 6) is 1.83. The zero-order valence-electron chi connectivity index (χ0n) is 9.53. The average molecular weight is 205 g/mol. The SMILES string of the molecule is CNc1cc(N2CCC(C)CC2)ccn1. The molecule has 2 heterocycles. The maximum atomic E-state index is 4.23. The monoisotopic (exact) mass is 205 g/mol. The lowest BCUT2D eigenvalue weighted by molar-refractivity contribution is 0.438. The molecule has 0 bridgehead atoms. The van der Waals surface area contributed by atoms with E-state index in [1.54, 1.807) is 0 Å². The lowest BCUT2D eigenvalue weighted by Gasteiger charge is -2.32. The second-order valence-corrected chi connectivity index (χ2v) is 4.32. The standard InChI is InChI=1S/C12H19N3/c1-10-4-7-15(8-5-10)11-3-6-14-12(9-11)13-2/h3,6,9-10H,4-5,7-8H2,1-2H3,(H,13,14). The lowest BCUT2D eigenvalue weighted by Crippen LogP contribution is -2.32. The van der Waals surface area contributed by atoms with Gasteiger partial charge in [-0.05, 0) is 24.8 Å². The summed E-state index contributed by atoms with van der Waals surface area (Å²) in [6.45, 7) is 4.69. The van der Waals surface area contributed by atoms with Crippen molar-refractivity contribution in [3.8, 4) is 0 Å². The minimum atomic E-state index is 0.881. The van der Waals surface area contributed by atoms with Crippen LogP contribution in [0.25, 0.3) is 0 Å². The maximum absolute atomic E-state index is 4.23. The zero-order chi connectivity index (χ0) is 10.7. The van der Waals surface area contributed by atoms with E-state index in [2.05, 4.69) is 34.3 Å². The molecule has 0 unspecified atom stereocenters. The molecule has 0 atom stereocenters. The van der Waals surface area contributed by atoms with Crippen LogP contribution in [0.3, 0.4) is 0 Å². The van der Waals surface area contributed by atoms with Gasteiger partial charge in [0.25, 0.3) is 0 Å². The Morgan fingerprint density at radius 2 is 2.13 bits per heavy atom. The van der Waals surface area contributed by atoms with Gasteiger partial charge in [0.1, 0.15) is 5.82 Å². The first-order valence-electron chi connectivity index (χ1n) is 5.68. The molecule has 1 saturated heterocycles. The van der Waals surface area contributed by atoms with Crippen LogP contribution < -0.4 is 10.2 Å².